The second kappa shape index (κ2) is 7.69. The largest absolute Gasteiger partial charge is 0.343 e. The number of hydrogen-bond donors (Lipinski definition) is 1. The highest BCUT2D eigenvalue weighted by atomic mass is 15.2. The summed E-state index contributed by atoms with van der Waals surface area (Å²) in [7, 11) is 2.02. The zero-order valence-corrected chi connectivity index (χ0v) is 13.0. The summed E-state index contributed by atoms with van der Waals surface area (Å²) in [5, 5.41) is 3.30. The number of nitrogens with zero attached hydrogens (tertiary/aromatic N) is 4. The lowest BCUT2D eigenvalue weighted by Gasteiger charge is -2.18. The third-order valence-electron chi connectivity index (χ3n) is 3.40. The highest BCUT2D eigenvalue weighted by Gasteiger charge is 2.08. The molecule has 0 aliphatic rings. The van der Waals surface area contributed by atoms with Gasteiger partial charge >= 0.3 is 0 Å². The van der Waals surface area contributed by atoms with Crippen molar-refractivity contribution in [2.24, 2.45) is 0 Å². The van der Waals surface area contributed by atoms with Crippen LogP contribution in [-0.2, 0) is 13.0 Å². The number of rotatable bonds is 7. The summed E-state index contributed by atoms with van der Waals surface area (Å²) in [6.45, 7) is 6.74. The molecular weight excluding hydrogens is 262 g/mol. The molecule has 0 bridgehead atoms. The average Bonchev–Trinajstić information content (AvgIpc) is 2.52. The number of anilines is 1. The summed E-state index contributed by atoms with van der Waals surface area (Å²) in [6.07, 6.45) is 4.63. The van der Waals surface area contributed by atoms with Crippen LogP contribution in [-0.4, -0.2) is 35.1 Å². The first-order valence-electron chi connectivity index (χ1n) is 7.35. The molecule has 112 valence electrons. The molecule has 0 aromatic carbocycles. The fraction of sp³-hybridized carbons (Fsp3) is 0.438. The first-order chi connectivity index (χ1) is 10.2. The van der Waals surface area contributed by atoms with Crippen molar-refractivity contribution in [3.63, 3.8) is 0 Å². The second-order valence-corrected chi connectivity index (χ2v) is 5.05. The van der Waals surface area contributed by atoms with Crippen molar-refractivity contribution >= 4 is 5.95 Å². The maximum absolute atomic E-state index is 4.59. The van der Waals surface area contributed by atoms with Gasteiger partial charge in [0.1, 0.15) is 0 Å². The van der Waals surface area contributed by atoms with Crippen LogP contribution in [0.25, 0.3) is 0 Å². The molecular formula is C16H23N5. The minimum Gasteiger partial charge on any atom is -0.343 e. The van der Waals surface area contributed by atoms with Gasteiger partial charge in [-0.25, -0.2) is 9.97 Å². The van der Waals surface area contributed by atoms with Gasteiger partial charge in [0.25, 0.3) is 0 Å². The number of nitrogens with one attached hydrogen (secondary N) is 1. The molecule has 0 amide bonds. The molecule has 2 aromatic heterocycles. The maximum Gasteiger partial charge on any atom is 0.225 e. The molecule has 5 nitrogen and oxygen atoms in total. The van der Waals surface area contributed by atoms with E-state index in [2.05, 4.69) is 32.1 Å². The molecule has 2 rings (SSSR count). The van der Waals surface area contributed by atoms with Gasteiger partial charge in [-0.1, -0.05) is 13.0 Å². The van der Waals surface area contributed by atoms with E-state index >= 15 is 0 Å². The van der Waals surface area contributed by atoms with E-state index in [-0.39, 0.29) is 0 Å². The van der Waals surface area contributed by atoms with Gasteiger partial charge in [-0.05, 0) is 25.6 Å². The molecule has 0 unspecified atom stereocenters. The fourth-order valence-corrected chi connectivity index (χ4v) is 2.03. The monoisotopic (exact) mass is 285 g/mol. The van der Waals surface area contributed by atoms with Gasteiger partial charge in [0, 0.05) is 55.9 Å². The Balaban J connectivity index is 1.96. The topological polar surface area (TPSA) is 53.9 Å². The molecule has 0 spiro atoms. The van der Waals surface area contributed by atoms with E-state index in [0.29, 0.717) is 0 Å². The van der Waals surface area contributed by atoms with Gasteiger partial charge in [-0.3, -0.25) is 4.98 Å². The van der Waals surface area contributed by atoms with Gasteiger partial charge in [-0.2, -0.15) is 0 Å². The SMILES string of the molecule is CCNCc1cnc(N(C)CCc2ccccn2)nc1C. The van der Waals surface area contributed by atoms with Crippen molar-refractivity contribution in [2.45, 2.75) is 26.8 Å². The van der Waals surface area contributed by atoms with Crippen molar-refractivity contribution in [2.75, 3.05) is 25.0 Å². The van der Waals surface area contributed by atoms with Gasteiger partial charge in [0.05, 0.1) is 0 Å². The van der Waals surface area contributed by atoms with Gasteiger partial charge in [0.2, 0.25) is 5.95 Å². The lowest BCUT2D eigenvalue weighted by atomic mass is 10.2. The standard InChI is InChI=1S/C16H23N5/c1-4-17-11-14-12-19-16(20-13(14)2)21(3)10-8-15-7-5-6-9-18-15/h5-7,9,12,17H,4,8,10-11H2,1-3H3. The van der Waals surface area contributed by atoms with Crippen LogP contribution in [0.5, 0.6) is 0 Å². The number of aryl methyl sites for hydroxylation is 1. The first-order valence-corrected chi connectivity index (χ1v) is 7.35. The van der Waals surface area contributed by atoms with Crippen LogP contribution in [0.4, 0.5) is 5.95 Å². The smallest absolute Gasteiger partial charge is 0.225 e. The Bertz CT molecular complexity index is 556. The Morgan fingerprint density at radius 2 is 2.10 bits per heavy atom. The lowest BCUT2D eigenvalue weighted by molar-refractivity contribution is 0.713. The van der Waals surface area contributed by atoms with E-state index in [1.54, 1.807) is 0 Å². The second-order valence-electron chi connectivity index (χ2n) is 5.05. The maximum atomic E-state index is 4.59. The third-order valence-corrected chi connectivity index (χ3v) is 3.40. The Hall–Kier alpha value is -2.01. The number of aromatic nitrogens is 3. The van der Waals surface area contributed by atoms with E-state index in [1.807, 2.05) is 44.6 Å². The Labute approximate surface area is 126 Å². The summed E-state index contributed by atoms with van der Waals surface area (Å²) in [6, 6.07) is 5.99. The van der Waals surface area contributed by atoms with E-state index in [4.69, 9.17) is 0 Å². The highest BCUT2D eigenvalue weighted by Crippen LogP contribution is 2.10. The van der Waals surface area contributed by atoms with Crippen molar-refractivity contribution < 1.29 is 0 Å². The van der Waals surface area contributed by atoms with E-state index in [1.165, 1.54) is 0 Å². The van der Waals surface area contributed by atoms with Gasteiger partial charge < -0.3 is 10.2 Å². The minimum absolute atomic E-state index is 0.767. The molecule has 2 heterocycles. The molecule has 0 fully saturated rings. The Morgan fingerprint density at radius 3 is 2.76 bits per heavy atom. The molecule has 0 saturated carbocycles. The number of pyridine rings is 1. The van der Waals surface area contributed by atoms with Crippen LogP contribution in [0.3, 0.4) is 0 Å². The molecule has 2 aromatic rings. The Morgan fingerprint density at radius 1 is 1.24 bits per heavy atom. The fourth-order valence-electron chi connectivity index (χ4n) is 2.03. The molecule has 21 heavy (non-hydrogen) atoms. The third kappa shape index (κ3) is 4.49. The highest BCUT2D eigenvalue weighted by molar-refractivity contribution is 5.32. The predicted molar refractivity (Wildman–Crippen MR) is 85.4 cm³/mol. The zero-order chi connectivity index (χ0) is 15.1. The molecule has 5 heteroatoms. The summed E-state index contributed by atoms with van der Waals surface area (Å²) < 4.78 is 0. The lowest BCUT2D eigenvalue weighted by Crippen LogP contribution is -2.24. The van der Waals surface area contributed by atoms with Crippen molar-refractivity contribution in [1.82, 2.24) is 20.3 Å². The number of hydrogen-bond acceptors (Lipinski definition) is 5. The van der Waals surface area contributed by atoms with Crippen LogP contribution >= 0.6 is 0 Å². The van der Waals surface area contributed by atoms with Crippen LogP contribution in [0.1, 0.15) is 23.9 Å². The molecule has 0 aliphatic carbocycles. The summed E-state index contributed by atoms with van der Waals surface area (Å²) in [5.74, 6) is 0.767. The normalized spacial score (nSPS) is 10.6. The van der Waals surface area contributed by atoms with Crippen LogP contribution in [0.15, 0.2) is 30.6 Å². The molecule has 0 saturated heterocycles. The van der Waals surface area contributed by atoms with Crippen LogP contribution in [0.2, 0.25) is 0 Å². The van der Waals surface area contributed by atoms with E-state index in [9.17, 15) is 0 Å². The molecule has 0 aliphatic heterocycles. The summed E-state index contributed by atoms with van der Waals surface area (Å²) in [4.78, 5) is 15.5. The first kappa shape index (κ1) is 15.4. The van der Waals surface area contributed by atoms with Gasteiger partial charge in [-0.15, -0.1) is 0 Å². The van der Waals surface area contributed by atoms with Gasteiger partial charge in [0.15, 0.2) is 0 Å². The average molecular weight is 285 g/mol. The predicted octanol–water partition coefficient (Wildman–Crippen LogP) is 1.97. The number of likely N-dealkylation sites (N-methyl/N-ethyl adjacent to an activating group) is 1. The van der Waals surface area contributed by atoms with Crippen molar-refractivity contribution in [3.05, 3.63) is 47.5 Å². The minimum atomic E-state index is 0.767. The zero-order valence-electron chi connectivity index (χ0n) is 13.0. The van der Waals surface area contributed by atoms with Crippen LogP contribution in [0, 0.1) is 6.92 Å². The summed E-state index contributed by atoms with van der Waals surface area (Å²) in [5.41, 5.74) is 3.27. The van der Waals surface area contributed by atoms with Crippen molar-refractivity contribution in [3.8, 4) is 0 Å². The van der Waals surface area contributed by atoms with Crippen molar-refractivity contribution in [1.29, 1.82) is 0 Å². The summed E-state index contributed by atoms with van der Waals surface area (Å²) >= 11 is 0. The molecule has 0 radical (unpaired) electrons. The van der Waals surface area contributed by atoms with Crippen LogP contribution < -0.4 is 10.2 Å². The Kier molecular flexibility index (Phi) is 5.63. The van der Waals surface area contributed by atoms with E-state index in [0.717, 1.165) is 49.0 Å². The molecule has 1 N–H and O–H groups in total. The quantitative estimate of drug-likeness (QED) is 0.843. The molecule has 0 atom stereocenters. The van der Waals surface area contributed by atoms with E-state index < -0.39 is 0 Å².